The molecular weight excluding hydrogens is 510 g/mol. The van der Waals surface area contributed by atoms with Crippen molar-refractivity contribution >= 4 is 5.69 Å². The number of anilines is 1. The van der Waals surface area contributed by atoms with Crippen LogP contribution in [-0.4, -0.2) is 20.4 Å². The molecule has 0 aliphatic heterocycles. The normalized spacial score (nSPS) is 10.6. The van der Waals surface area contributed by atoms with E-state index in [0.29, 0.717) is 30.4 Å². The number of aryl methyl sites for hydroxylation is 3. The van der Waals surface area contributed by atoms with E-state index in [1.807, 2.05) is 106 Å². The quantitative estimate of drug-likeness (QED) is 0.142. The topological polar surface area (TPSA) is 107 Å². The summed E-state index contributed by atoms with van der Waals surface area (Å²) in [6, 6.07) is 29.8. The highest BCUT2D eigenvalue weighted by Crippen LogP contribution is 2.34. The van der Waals surface area contributed by atoms with Crippen LogP contribution in [0.25, 0.3) is 0 Å². The van der Waals surface area contributed by atoms with E-state index in [1.165, 1.54) is 0 Å². The molecule has 5 aromatic rings. The number of para-hydroxylation sites is 2. The first-order valence-corrected chi connectivity index (χ1v) is 13.6. The zero-order chi connectivity index (χ0) is 29.5. The molecule has 0 aromatic heterocycles. The summed E-state index contributed by atoms with van der Waals surface area (Å²) >= 11 is 0. The molecule has 0 bridgehead atoms. The van der Waals surface area contributed by atoms with Crippen molar-refractivity contribution in [3.05, 3.63) is 147 Å². The summed E-state index contributed by atoms with van der Waals surface area (Å²) in [6.45, 7) is 5.91. The largest absolute Gasteiger partial charge is 0.508 e. The van der Waals surface area contributed by atoms with Crippen LogP contribution in [0.4, 0.5) is 5.69 Å². The summed E-state index contributed by atoms with van der Waals surface area (Å²) in [5.74, 6) is 0.753. The van der Waals surface area contributed by atoms with Gasteiger partial charge in [-0.25, -0.2) is 0 Å². The highest BCUT2D eigenvalue weighted by molar-refractivity contribution is 5.53. The summed E-state index contributed by atoms with van der Waals surface area (Å²) < 4.78 is 0. The lowest BCUT2D eigenvalue weighted by molar-refractivity contribution is 0.454. The number of hydrogen-bond acceptors (Lipinski definition) is 5. The molecule has 5 heteroatoms. The molecule has 0 unspecified atom stereocenters. The van der Waals surface area contributed by atoms with Gasteiger partial charge in [0, 0.05) is 24.9 Å². The molecule has 0 saturated heterocycles. The van der Waals surface area contributed by atoms with Crippen molar-refractivity contribution in [3.8, 4) is 23.0 Å². The minimum Gasteiger partial charge on any atom is -0.508 e. The summed E-state index contributed by atoms with van der Waals surface area (Å²) in [5, 5.41) is 42.5. The van der Waals surface area contributed by atoms with Gasteiger partial charge in [-0.1, -0.05) is 89.5 Å². The van der Waals surface area contributed by atoms with Gasteiger partial charge in [-0.05, 0) is 78.4 Å². The number of rotatable bonds is 6. The molecule has 0 fully saturated rings. The molecule has 0 aliphatic carbocycles. The average Bonchev–Trinajstić information content (AvgIpc) is 2.94. The Morgan fingerprint density at radius 3 is 1.32 bits per heavy atom. The number of phenolic OH excluding ortho intramolecular Hbond substituents is 4. The highest BCUT2D eigenvalue weighted by atomic mass is 16.3. The molecule has 5 nitrogen and oxygen atoms in total. The van der Waals surface area contributed by atoms with Gasteiger partial charge in [0.15, 0.2) is 0 Å². The van der Waals surface area contributed by atoms with Gasteiger partial charge in [-0.3, -0.25) is 0 Å². The third-order valence-corrected chi connectivity index (χ3v) is 7.03. The molecule has 0 saturated carbocycles. The van der Waals surface area contributed by atoms with Crippen LogP contribution in [0.1, 0.15) is 50.1 Å². The van der Waals surface area contributed by atoms with Gasteiger partial charge in [-0.15, -0.1) is 0 Å². The maximum absolute atomic E-state index is 11.1. The number of aromatic hydroxyl groups is 4. The van der Waals surface area contributed by atoms with Crippen LogP contribution >= 0.6 is 0 Å². The summed E-state index contributed by atoms with van der Waals surface area (Å²) in [5.41, 5.74) is 13.6. The van der Waals surface area contributed by atoms with Crippen molar-refractivity contribution in [3.63, 3.8) is 0 Å². The zero-order valence-electron chi connectivity index (χ0n) is 23.7. The maximum Gasteiger partial charge on any atom is 0.122 e. The predicted octanol–water partition coefficient (Wildman–Crippen LogP) is 7.48. The molecule has 5 aromatic carbocycles. The number of nitrogen functional groups attached to an aromatic ring is 1. The van der Waals surface area contributed by atoms with Gasteiger partial charge >= 0.3 is 0 Å². The van der Waals surface area contributed by atoms with Gasteiger partial charge in [0.05, 0.1) is 0 Å². The molecule has 0 heterocycles. The van der Waals surface area contributed by atoms with Gasteiger partial charge in [0.25, 0.3) is 0 Å². The molecule has 5 rings (SSSR count). The number of hydrogen-bond donors (Lipinski definition) is 5. The van der Waals surface area contributed by atoms with E-state index in [4.69, 9.17) is 5.73 Å². The van der Waals surface area contributed by atoms with Crippen LogP contribution in [-0.2, 0) is 19.3 Å². The van der Waals surface area contributed by atoms with Crippen LogP contribution < -0.4 is 5.73 Å². The minimum atomic E-state index is 0.169. The second-order valence-electron chi connectivity index (χ2n) is 10.6. The second kappa shape index (κ2) is 13.0. The number of benzene rings is 5. The van der Waals surface area contributed by atoms with E-state index in [1.54, 1.807) is 12.1 Å². The first-order chi connectivity index (χ1) is 19.6. The van der Waals surface area contributed by atoms with E-state index < -0.39 is 0 Å². The molecule has 41 heavy (non-hydrogen) atoms. The average molecular weight is 548 g/mol. The van der Waals surface area contributed by atoms with Crippen LogP contribution in [0.15, 0.2) is 97.1 Å². The first-order valence-electron chi connectivity index (χ1n) is 13.6. The Labute approximate surface area is 241 Å². The van der Waals surface area contributed by atoms with Crippen molar-refractivity contribution in [2.45, 2.75) is 40.0 Å². The maximum atomic E-state index is 11.1. The lowest BCUT2D eigenvalue weighted by Crippen LogP contribution is -1.99. The Morgan fingerprint density at radius 1 is 0.439 bits per heavy atom. The molecule has 0 spiro atoms. The Balaban J connectivity index is 0.000000483. The Hall–Kier alpha value is -4.90. The fourth-order valence-electron chi connectivity index (χ4n) is 4.91. The Kier molecular flexibility index (Phi) is 9.20. The molecule has 6 N–H and O–H groups in total. The number of nitrogens with two attached hydrogens (primary N) is 1. The van der Waals surface area contributed by atoms with Gasteiger partial charge in [0.1, 0.15) is 23.0 Å². The third kappa shape index (κ3) is 7.61. The predicted molar refractivity (Wildman–Crippen MR) is 166 cm³/mol. The molecule has 210 valence electrons. The van der Waals surface area contributed by atoms with E-state index in [2.05, 4.69) is 0 Å². The minimum absolute atomic E-state index is 0.169. The SMILES string of the molecule is Cc1ccc(O)c(Cc2cccc(Cc3cc(C)cc(Cc4cc(C)ccc4O)c3O)c2O)c1.Nc1ccccc1. The number of phenols is 4. The van der Waals surface area contributed by atoms with Gasteiger partial charge in [-0.2, -0.15) is 0 Å². The van der Waals surface area contributed by atoms with E-state index in [0.717, 1.165) is 44.6 Å². The Morgan fingerprint density at radius 2 is 0.854 bits per heavy atom. The fraction of sp³-hybridized carbons (Fsp3) is 0.167. The molecule has 0 radical (unpaired) electrons. The monoisotopic (exact) mass is 547 g/mol. The fourth-order valence-corrected chi connectivity index (χ4v) is 4.91. The van der Waals surface area contributed by atoms with Crippen LogP contribution in [0.2, 0.25) is 0 Å². The summed E-state index contributed by atoms with van der Waals surface area (Å²) in [6.07, 6.45) is 1.18. The van der Waals surface area contributed by atoms with E-state index >= 15 is 0 Å². The lowest BCUT2D eigenvalue weighted by Gasteiger charge is -2.15. The molecule has 0 amide bonds. The van der Waals surface area contributed by atoms with Gasteiger partial charge in [0.2, 0.25) is 0 Å². The zero-order valence-corrected chi connectivity index (χ0v) is 23.7. The summed E-state index contributed by atoms with van der Waals surface area (Å²) in [4.78, 5) is 0. The molecule has 0 atom stereocenters. The lowest BCUT2D eigenvalue weighted by atomic mass is 9.93. The molecule has 0 aliphatic rings. The second-order valence-corrected chi connectivity index (χ2v) is 10.6. The smallest absolute Gasteiger partial charge is 0.122 e. The molecular formula is C36H37NO4. The Bertz CT molecular complexity index is 1640. The van der Waals surface area contributed by atoms with Crippen molar-refractivity contribution < 1.29 is 20.4 Å². The van der Waals surface area contributed by atoms with Crippen LogP contribution in [0, 0.1) is 20.8 Å². The van der Waals surface area contributed by atoms with Crippen molar-refractivity contribution in [1.82, 2.24) is 0 Å². The van der Waals surface area contributed by atoms with Crippen molar-refractivity contribution in [2.75, 3.05) is 5.73 Å². The van der Waals surface area contributed by atoms with Gasteiger partial charge < -0.3 is 26.2 Å². The first kappa shape index (κ1) is 29.1. The van der Waals surface area contributed by atoms with Crippen molar-refractivity contribution in [2.24, 2.45) is 0 Å². The van der Waals surface area contributed by atoms with Crippen LogP contribution in [0.3, 0.4) is 0 Å². The van der Waals surface area contributed by atoms with E-state index in [9.17, 15) is 20.4 Å². The van der Waals surface area contributed by atoms with E-state index in [-0.39, 0.29) is 23.0 Å². The summed E-state index contributed by atoms with van der Waals surface area (Å²) in [7, 11) is 0. The van der Waals surface area contributed by atoms with Crippen molar-refractivity contribution in [1.29, 1.82) is 0 Å². The highest BCUT2D eigenvalue weighted by Gasteiger charge is 2.16. The third-order valence-electron chi connectivity index (χ3n) is 7.03. The standard InChI is InChI=1S/C30H30O4.C6H7N/c1-18-7-9-27(31)23(11-18)15-21-5-4-6-22(29(21)33)16-25-13-20(3)14-26(30(25)34)17-24-12-19(2)8-10-28(24)32;7-6-4-2-1-3-5-6/h4-14,31-34H,15-17H2,1-3H3;1-5H,7H2. The van der Waals surface area contributed by atoms with Crippen LogP contribution in [0.5, 0.6) is 23.0 Å².